The van der Waals surface area contributed by atoms with Crippen molar-refractivity contribution in [3.8, 4) is 5.75 Å². The number of aromatic nitrogens is 1. The number of methoxy groups -OCH3 is 1. The van der Waals surface area contributed by atoms with Gasteiger partial charge in [0, 0.05) is 12.1 Å². The molecule has 0 fully saturated rings. The number of urea groups is 1. The molecular weight excluding hydrogens is 294 g/mol. The van der Waals surface area contributed by atoms with Gasteiger partial charge in [-0.1, -0.05) is 11.2 Å². The molecule has 2 heterocycles. The van der Waals surface area contributed by atoms with Gasteiger partial charge in [-0.05, 0) is 45.2 Å². The summed E-state index contributed by atoms with van der Waals surface area (Å²) in [5.74, 6) is 1.44. The first-order chi connectivity index (χ1) is 11.1. The van der Waals surface area contributed by atoms with Gasteiger partial charge in [0.1, 0.15) is 17.1 Å². The average molecular weight is 315 g/mol. The molecule has 6 heteroatoms. The zero-order chi connectivity index (χ0) is 16.4. The van der Waals surface area contributed by atoms with Gasteiger partial charge in [0.2, 0.25) is 0 Å². The van der Waals surface area contributed by atoms with Crippen LogP contribution in [0.1, 0.15) is 29.9 Å². The van der Waals surface area contributed by atoms with E-state index in [2.05, 4.69) is 10.5 Å². The molecule has 122 valence electrons. The molecule has 23 heavy (non-hydrogen) atoms. The summed E-state index contributed by atoms with van der Waals surface area (Å²) >= 11 is 0. The van der Waals surface area contributed by atoms with Gasteiger partial charge in [-0.2, -0.15) is 0 Å². The number of hydrogen-bond acceptors (Lipinski definition) is 4. The first-order valence-corrected chi connectivity index (χ1v) is 7.79. The molecule has 0 aliphatic carbocycles. The third-order valence-corrected chi connectivity index (χ3v) is 4.19. The van der Waals surface area contributed by atoms with Gasteiger partial charge in [0.05, 0.1) is 12.8 Å². The van der Waals surface area contributed by atoms with Crippen molar-refractivity contribution < 1.29 is 14.1 Å². The largest absolute Gasteiger partial charge is 0.496 e. The number of carbonyl (C=O) groups is 1. The van der Waals surface area contributed by atoms with Crippen molar-refractivity contribution >= 4 is 17.4 Å². The molecular formula is C17H21N3O3. The molecule has 0 bridgehead atoms. The van der Waals surface area contributed by atoms with Gasteiger partial charge in [0.25, 0.3) is 0 Å². The van der Waals surface area contributed by atoms with Gasteiger partial charge >= 0.3 is 6.03 Å². The van der Waals surface area contributed by atoms with E-state index in [1.807, 2.05) is 25.1 Å². The maximum Gasteiger partial charge on any atom is 0.326 e. The van der Waals surface area contributed by atoms with Crippen molar-refractivity contribution in [2.24, 2.45) is 0 Å². The molecule has 0 atom stereocenters. The number of aryl methyl sites for hydroxylation is 2. The minimum atomic E-state index is -0.171. The minimum Gasteiger partial charge on any atom is -0.496 e. The smallest absolute Gasteiger partial charge is 0.326 e. The fraction of sp³-hybridized carbons (Fsp3) is 0.412. The van der Waals surface area contributed by atoms with Crippen LogP contribution in [0.15, 0.2) is 22.7 Å². The Bertz CT molecular complexity index is 704. The van der Waals surface area contributed by atoms with E-state index >= 15 is 0 Å². The second kappa shape index (κ2) is 6.32. The quantitative estimate of drug-likeness (QED) is 0.918. The van der Waals surface area contributed by atoms with Gasteiger partial charge in [-0.3, -0.25) is 4.90 Å². The lowest BCUT2D eigenvalue weighted by Crippen LogP contribution is -2.36. The van der Waals surface area contributed by atoms with E-state index in [0.29, 0.717) is 23.7 Å². The third kappa shape index (κ3) is 2.88. The van der Waals surface area contributed by atoms with Crippen LogP contribution in [0.25, 0.3) is 0 Å². The first kappa shape index (κ1) is 15.4. The Hall–Kier alpha value is -2.50. The van der Waals surface area contributed by atoms with Crippen molar-refractivity contribution in [2.75, 3.05) is 23.9 Å². The molecule has 1 aliphatic rings. The van der Waals surface area contributed by atoms with Crippen molar-refractivity contribution in [2.45, 2.75) is 33.1 Å². The van der Waals surface area contributed by atoms with Gasteiger partial charge in [-0.15, -0.1) is 0 Å². The number of rotatable bonds is 2. The van der Waals surface area contributed by atoms with Crippen LogP contribution in [0, 0.1) is 13.8 Å². The van der Waals surface area contributed by atoms with Crippen LogP contribution in [0.3, 0.4) is 0 Å². The summed E-state index contributed by atoms with van der Waals surface area (Å²) < 4.78 is 10.6. The zero-order valence-electron chi connectivity index (χ0n) is 13.7. The van der Waals surface area contributed by atoms with E-state index in [1.54, 1.807) is 18.9 Å². The Morgan fingerprint density at radius 2 is 2.17 bits per heavy atom. The van der Waals surface area contributed by atoms with Crippen molar-refractivity contribution in [1.29, 1.82) is 0 Å². The predicted molar refractivity (Wildman–Crippen MR) is 88.3 cm³/mol. The molecule has 0 saturated heterocycles. The van der Waals surface area contributed by atoms with Crippen molar-refractivity contribution in [3.05, 3.63) is 35.2 Å². The molecule has 1 aliphatic heterocycles. The lowest BCUT2D eigenvalue weighted by Gasteiger charge is -2.24. The second-order valence-electron chi connectivity index (χ2n) is 5.70. The fourth-order valence-electron chi connectivity index (χ4n) is 2.99. The van der Waals surface area contributed by atoms with Crippen molar-refractivity contribution in [1.82, 2.24) is 5.16 Å². The van der Waals surface area contributed by atoms with E-state index in [1.165, 1.54) is 0 Å². The Kier molecular flexibility index (Phi) is 4.23. The molecule has 2 amide bonds. The average Bonchev–Trinajstić information content (AvgIpc) is 2.77. The van der Waals surface area contributed by atoms with Gasteiger partial charge in [0.15, 0.2) is 5.76 Å². The van der Waals surface area contributed by atoms with Crippen LogP contribution in [-0.4, -0.2) is 24.8 Å². The topological polar surface area (TPSA) is 67.6 Å². The number of anilines is 2. The normalized spacial score (nSPS) is 14.1. The number of ether oxygens (including phenoxy) is 1. The second-order valence-corrected chi connectivity index (χ2v) is 5.70. The molecule has 0 unspecified atom stereocenters. The summed E-state index contributed by atoms with van der Waals surface area (Å²) in [6, 6.07) is 5.65. The SMILES string of the molecule is COc1cccc2c1CCCCN2C(=O)Nc1c(C)noc1C. The monoisotopic (exact) mass is 315 g/mol. The molecule has 1 aromatic heterocycles. The minimum absolute atomic E-state index is 0.171. The standard InChI is InChI=1S/C17H21N3O3/c1-11-16(12(2)23-19-11)18-17(21)20-10-5-4-7-13-14(20)8-6-9-15(13)22-3/h6,8-9H,4-5,7,10H2,1-3H3,(H,18,21). The Balaban J connectivity index is 1.92. The van der Waals surface area contributed by atoms with Gasteiger partial charge in [-0.25, -0.2) is 4.79 Å². The number of carbonyl (C=O) groups excluding carboxylic acids is 1. The Labute approximate surface area is 135 Å². The number of nitrogens with one attached hydrogen (secondary N) is 1. The van der Waals surface area contributed by atoms with Gasteiger partial charge < -0.3 is 14.6 Å². The summed E-state index contributed by atoms with van der Waals surface area (Å²) in [5, 5.41) is 6.80. The highest BCUT2D eigenvalue weighted by Gasteiger charge is 2.24. The molecule has 6 nitrogen and oxygen atoms in total. The van der Waals surface area contributed by atoms with Crippen molar-refractivity contribution in [3.63, 3.8) is 0 Å². The highest BCUT2D eigenvalue weighted by molar-refractivity contribution is 6.03. The predicted octanol–water partition coefficient (Wildman–Crippen LogP) is 3.67. The lowest BCUT2D eigenvalue weighted by molar-refractivity contribution is 0.257. The molecule has 1 N–H and O–H groups in total. The molecule has 3 rings (SSSR count). The molecule has 2 aromatic rings. The van der Waals surface area contributed by atoms with Crippen LogP contribution < -0.4 is 15.0 Å². The summed E-state index contributed by atoms with van der Waals surface area (Å²) in [5.41, 5.74) is 3.31. The van der Waals surface area contributed by atoms with E-state index in [4.69, 9.17) is 9.26 Å². The highest BCUT2D eigenvalue weighted by Crippen LogP contribution is 2.34. The van der Waals surface area contributed by atoms with Crippen LogP contribution >= 0.6 is 0 Å². The Morgan fingerprint density at radius 3 is 2.87 bits per heavy atom. The van der Waals surface area contributed by atoms with Crippen LogP contribution in [-0.2, 0) is 6.42 Å². The summed E-state index contributed by atoms with van der Waals surface area (Å²) in [6.45, 7) is 4.27. The fourth-order valence-corrected chi connectivity index (χ4v) is 2.99. The summed E-state index contributed by atoms with van der Waals surface area (Å²) in [6.07, 6.45) is 2.89. The molecule has 0 radical (unpaired) electrons. The highest BCUT2D eigenvalue weighted by atomic mass is 16.5. The number of fused-ring (bicyclic) bond motifs is 1. The van der Waals surface area contributed by atoms with Crippen LogP contribution in [0.5, 0.6) is 5.75 Å². The molecule has 0 saturated carbocycles. The summed E-state index contributed by atoms with van der Waals surface area (Å²) in [4.78, 5) is 14.6. The number of nitrogens with zero attached hydrogens (tertiary/aromatic N) is 2. The summed E-state index contributed by atoms with van der Waals surface area (Å²) in [7, 11) is 1.66. The lowest BCUT2D eigenvalue weighted by atomic mass is 10.1. The molecule has 1 aromatic carbocycles. The molecule has 0 spiro atoms. The maximum atomic E-state index is 12.8. The zero-order valence-corrected chi connectivity index (χ0v) is 13.7. The van der Waals surface area contributed by atoms with E-state index in [-0.39, 0.29) is 6.03 Å². The third-order valence-electron chi connectivity index (χ3n) is 4.19. The number of hydrogen-bond donors (Lipinski definition) is 1. The number of amides is 2. The van der Waals surface area contributed by atoms with E-state index in [9.17, 15) is 4.79 Å². The van der Waals surface area contributed by atoms with Crippen LogP contribution in [0.2, 0.25) is 0 Å². The maximum absolute atomic E-state index is 12.8. The Morgan fingerprint density at radius 1 is 1.35 bits per heavy atom. The first-order valence-electron chi connectivity index (χ1n) is 7.79. The van der Waals surface area contributed by atoms with E-state index in [0.717, 1.165) is 36.3 Å². The van der Waals surface area contributed by atoms with Crippen LogP contribution in [0.4, 0.5) is 16.2 Å². The van der Waals surface area contributed by atoms with E-state index < -0.39 is 0 Å². The number of benzene rings is 1.